The Hall–Kier alpha value is -0.570. The molecule has 1 rings (SSSR count). The Kier molecular flexibility index (Phi) is 3.72. The van der Waals surface area contributed by atoms with Gasteiger partial charge in [0.2, 0.25) is 5.91 Å². The monoisotopic (exact) mass is 184 g/mol. The van der Waals surface area contributed by atoms with Gasteiger partial charge in [-0.3, -0.25) is 4.79 Å². The Morgan fingerprint density at radius 3 is 2.46 bits per heavy atom. The maximum absolute atomic E-state index is 11.3. The molecule has 3 N–H and O–H groups in total. The van der Waals surface area contributed by atoms with E-state index in [2.05, 4.69) is 0 Å². The Labute approximate surface area is 79.3 Å². The summed E-state index contributed by atoms with van der Waals surface area (Å²) in [5.74, 6) is -0.222. The first-order valence-corrected chi connectivity index (χ1v) is 4.96. The summed E-state index contributed by atoms with van der Waals surface area (Å²) in [5.41, 5.74) is 4.98. The number of nitrogens with two attached hydrogens (primary N) is 1. The molecular weight excluding hydrogens is 166 g/mol. The van der Waals surface area contributed by atoms with Crippen LogP contribution in [0.3, 0.4) is 0 Å². The van der Waals surface area contributed by atoms with Crippen molar-refractivity contribution in [2.75, 3.05) is 6.61 Å². The van der Waals surface area contributed by atoms with Gasteiger partial charge in [0, 0.05) is 6.61 Å². The van der Waals surface area contributed by atoms with E-state index < -0.39 is 5.41 Å². The zero-order valence-corrected chi connectivity index (χ0v) is 7.96. The second kappa shape index (κ2) is 4.61. The van der Waals surface area contributed by atoms with E-state index in [9.17, 15) is 4.79 Å². The van der Waals surface area contributed by atoms with E-state index in [1.165, 1.54) is 6.42 Å². The first kappa shape index (κ1) is 10.5. The highest BCUT2D eigenvalue weighted by Crippen LogP contribution is 2.39. The van der Waals surface area contributed by atoms with Crippen LogP contribution in [0.2, 0.25) is 0 Å². The molecule has 1 saturated carbocycles. The van der Waals surface area contributed by atoms with Crippen molar-refractivity contribution in [2.24, 2.45) is 11.1 Å². The molecule has 1 fully saturated rings. The molecule has 0 unspecified atom stereocenters. The second-order valence-electron chi connectivity index (χ2n) is 3.80. The van der Waals surface area contributed by atoms with Crippen LogP contribution >= 0.6 is 0 Å². The van der Waals surface area contributed by atoms with Crippen LogP contribution in [0.4, 0.5) is 0 Å². The van der Waals surface area contributed by atoms with E-state index in [0.717, 1.165) is 25.7 Å². The Balaban J connectivity index is 2.56. The van der Waals surface area contributed by atoms with Gasteiger partial charge in [-0.05, 0) is 25.7 Å². The lowest BCUT2D eigenvalue weighted by atomic mass is 9.70. The molecule has 0 aliphatic heterocycles. The molecule has 0 spiro atoms. The van der Waals surface area contributed by atoms with Gasteiger partial charge < -0.3 is 10.8 Å². The number of aliphatic hydroxyl groups excluding tert-OH is 1. The number of hydrogen-bond donors (Lipinski definition) is 2. The lowest BCUT2D eigenvalue weighted by Gasteiger charge is -2.33. The Morgan fingerprint density at radius 1 is 1.38 bits per heavy atom. The highest BCUT2D eigenvalue weighted by Gasteiger charge is 2.37. The fourth-order valence-electron chi connectivity index (χ4n) is 2.07. The minimum Gasteiger partial charge on any atom is -0.396 e. The summed E-state index contributed by atoms with van der Waals surface area (Å²) in [4.78, 5) is 11.3. The van der Waals surface area contributed by atoms with Crippen molar-refractivity contribution >= 4 is 5.91 Å². The number of carbonyl (C=O) groups is 1. The fraction of sp³-hybridized carbons (Fsp3) is 0.800. The molecule has 0 aromatic carbocycles. The molecule has 0 heterocycles. The fourth-order valence-corrected chi connectivity index (χ4v) is 2.07. The summed E-state index contributed by atoms with van der Waals surface area (Å²) >= 11 is 0. The van der Waals surface area contributed by atoms with Crippen LogP contribution in [0, 0.1) is 11.8 Å². The van der Waals surface area contributed by atoms with Gasteiger partial charge in [0.15, 0.2) is 0 Å². The standard InChI is InChI=1S/C10H18NO2/c11-9(13)10(7-4-8-12)5-2-1-3-6-10/h7,12H,1-6,8H2,(H2,11,13). The average molecular weight is 184 g/mol. The van der Waals surface area contributed by atoms with Crippen molar-refractivity contribution in [1.82, 2.24) is 0 Å². The zero-order valence-electron chi connectivity index (χ0n) is 7.96. The Morgan fingerprint density at radius 2 is 2.00 bits per heavy atom. The molecule has 0 saturated heterocycles. The molecule has 1 aliphatic carbocycles. The molecule has 1 amide bonds. The summed E-state index contributed by atoms with van der Waals surface area (Å²) in [5, 5.41) is 8.71. The normalized spacial score (nSPS) is 21.3. The summed E-state index contributed by atoms with van der Waals surface area (Å²) in [6.07, 6.45) is 7.56. The summed E-state index contributed by atoms with van der Waals surface area (Å²) in [7, 11) is 0. The zero-order chi connectivity index (χ0) is 9.73. The van der Waals surface area contributed by atoms with Crippen LogP contribution in [0.15, 0.2) is 0 Å². The van der Waals surface area contributed by atoms with Gasteiger partial charge in [-0.2, -0.15) is 0 Å². The minimum absolute atomic E-state index is 0.106. The van der Waals surface area contributed by atoms with E-state index in [4.69, 9.17) is 10.8 Å². The Bertz CT molecular complexity index is 174. The van der Waals surface area contributed by atoms with Gasteiger partial charge >= 0.3 is 0 Å². The van der Waals surface area contributed by atoms with E-state index in [1.807, 2.05) is 6.42 Å². The molecule has 3 nitrogen and oxygen atoms in total. The number of rotatable bonds is 4. The lowest BCUT2D eigenvalue weighted by Crippen LogP contribution is -2.39. The third-order valence-corrected chi connectivity index (χ3v) is 2.90. The second-order valence-corrected chi connectivity index (χ2v) is 3.80. The van der Waals surface area contributed by atoms with E-state index in [1.54, 1.807) is 0 Å². The predicted octanol–water partition coefficient (Wildman–Crippen LogP) is 1.01. The van der Waals surface area contributed by atoms with Gasteiger partial charge in [-0.1, -0.05) is 19.3 Å². The third kappa shape index (κ3) is 2.44. The molecule has 3 heteroatoms. The van der Waals surface area contributed by atoms with Crippen LogP contribution in [0.25, 0.3) is 0 Å². The molecule has 13 heavy (non-hydrogen) atoms. The van der Waals surface area contributed by atoms with Crippen molar-refractivity contribution in [3.63, 3.8) is 0 Å². The average Bonchev–Trinajstić information content (AvgIpc) is 2.16. The molecule has 0 aromatic heterocycles. The van der Waals surface area contributed by atoms with Gasteiger partial charge in [0.1, 0.15) is 0 Å². The molecule has 0 bridgehead atoms. The number of aliphatic hydroxyl groups is 1. The molecule has 0 atom stereocenters. The van der Waals surface area contributed by atoms with Crippen molar-refractivity contribution < 1.29 is 9.90 Å². The van der Waals surface area contributed by atoms with Gasteiger partial charge in [-0.25, -0.2) is 0 Å². The highest BCUT2D eigenvalue weighted by atomic mass is 16.3. The highest BCUT2D eigenvalue weighted by molar-refractivity contribution is 5.82. The maximum atomic E-state index is 11.3. The van der Waals surface area contributed by atoms with Crippen molar-refractivity contribution in [3.05, 3.63) is 6.42 Å². The van der Waals surface area contributed by atoms with Crippen LogP contribution in [0.5, 0.6) is 0 Å². The predicted molar refractivity (Wildman–Crippen MR) is 50.7 cm³/mol. The van der Waals surface area contributed by atoms with Crippen molar-refractivity contribution in [1.29, 1.82) is 0 Å². The smallest absolute Gasteiger partial charge is 0.223 e. The quantitative estimate of drug-likeness (QED) is 0.685. The SMILES string of the molecule is NC(=O)C1([CH]CCO)CCCCC1. The molecule has 0 aromatic rings. The first-order chi connectivity index (χ1) is 6.21. The third-order valence-electron chi connectivity index (χ3n) is 2.90. The van der Waals surface area contributed by atoms with E-state index in [-0.39, 0.29) is 12.5 Å². The molecule has 1 radical (unpaired) electrons. The summed E-state index contributed by atoms with van der Waals surface area (Å²) in [6.45, 7) is 0.106. The number of hydrogen-bond acceptors (Lipinski definition) is 2. The maximum Gasteiger partial charge on any atom is 0.223 e. The summed E-state index contributed by atoms with van der Waals surface area (Å²) < 4.78 is 0. The largest absolute Gasteiger partial charge is 0.396 e. The van der Waals surface area contributed by atoms with Crippen molar-refractivity contribution in [2.45, 2.75) is 38.5 Å². The number of carbonyl (C=O) groups excluding carboxylic acids is 1. The lowest BCUT2D eigenvalue weighted by molar-refractivity contribution is -0.127. The van der Waals surface area contributed by atoms with Gasteiger partial charge in [-0.15, -0.1) is 0 Å². The summed E-state index contributed by atoms with van der Waals surface area (Å²) in [6, 6.07) is 0. The number of amides is 1. The van der Waals surface area contributed by atoms with E-state index >= 15 is 0 Å². The molecule has 75 valence electrons. The number of primary amides is 1. The van der Waals surface area contributed by atoms with E-state index in [0.29, 0.717) is 6.42 Å². The van der Waals surface area contributed by atoms with Crippen LogP contribution in [-0.4, -0.2) is 17.6 Å². The topological polar surface area (TPSA) is 63.3 Å². The first-order valence-electron chi connectivity index (χ1n) is 4.96. The van der Waals surface area contributed by atoms with Crippen LogP contribution in [-0.2, 0) is 4.79 Å². The van der Waals surface area contributed by atoms with Crippen LogP contribution < -0.4 is 5.73 Å². The van der Waals surface area contributed by atoms with Gasteiger partial charge in [0.05, 0.1) is 5.41 Å². The molecular formula is C10H18NO2. The van der Waals surface area contributed by atoms with Gasteiger partial charge in [0.25, 0.3) is 0 Å². The minimum atomic E-state index is -0.416. The van der Waals surface area contributed by atoms with Crippen LogP contribution in [0.1, 0.15) is 38.5 Å². The van der Waals surface area contributed by atoms with Crippen molar-refractivity contribution in [3.8, 4) is 0 Å². The molecule has 1 aliphatic rings.